The van der Waals surface area contributed by atoms with Gasteiger partial charge in [0.15, 0.2) is 17.5 Å². The number of fused-ring (bicyclic) bond motifs is 1. The number of nitrogens with one attached hydrogen (secondary N) is 2. The maximum absolute atomic E-state index is 5.45. The van der Waals surface area contributed by atoms with Gasteiger partial charge in [0, 0.05) is 45.5 Å². The summed E-state index contributed by atoms with van der Waals surface area (Å²) in [5.41, 5.74) is 2.20. The molecule has 8 nitrogen and oxygen atoms in total. The summed E-state index contributed by atoms with van der Waals surface area (Å²) in [6.45, 7) is 8.58. The van der Waals surface area contributed by atoms with Gasteiger partial charge in [0.05, 0.1) is 6.54 Å². The Morgan fingerprint density at radius 1 is 1.03 bits per heavy atom. The number of pyridine rings is 1. The highest BCUT2D eigenvalue weighted by atomic mass is 127. The average molecular weight is 538 g/mol. The zero-order valence-electron chi connectivity index (χ0n) is 18.1. The van der Waals surface area contributed by atoms with Gasteiger partial charge in [-0.2, -0.15) is 0 Å². The summed E-state index contributed by atoms with van der Waals surface area (Å²) in [4.78, 5) is 14.0. The molecule has 2 aliphatic rings. The third-order valence-corrected chi connectivity index (χ3v) is 5.30. The molecular weight excluding hydrogens is 507 g/mol. The van der Waals surface area contributed by atoms with Crippen molar-refractivity contribution in [2.24, 2.45) is 4.99 Å². The van der Waals surface area contributed by atoms with Crippen molar-refractivity contribution in [1.82, 2.24) is 20.5 Å². The summed E-state index contributed by atoms with van der Waals surface area (Å²) < 4.78 is 10.8. The van der Waals surface area contributed by atoms with Crippen LogP contribution >= 0.6 is 24.0 Å². The number of rotatable bonds is 6. The molecule has 1 fully saturated rings. The van der Waals surface area contributed by atoms with E-state index in [4.69, 9.17) is 14.5 Å². The topological polar surface area (TPSA) is 74.3 Å². The molecule has 0 spiro atoms. The van der Waals surface area contributed by atoms with E-state index in [-0.39, 0.29) is 30.8 Å². The normalized spacial score (nSPS) is 16.1. The maximum atomic E-state index is 5.45. The highest BCUT2D eigenvalue weighted by molar-refractivity contribution is 14.0. The van der Waals surface area contributed by atoms with Crippen LogP contribution in [0.15, 0.2) is 41.5 Å². The zero-order chi connectivity index (χ0) is 20.8. The molecule has 2 aliphatic heterocycles. The van der Waals surface area contributed by atoms with E-state index in [0.29, 0.717) is 13.1 Å². The smallest absolute Gasteiger partial charge is 0.231 e. The number of ether oxygens (including phenoxy) is 2. The van der Waals surface area contributed by atoms with Gasteiger partial charge in [-0.1, -0.05) is 12.1 Å². The molecule has 0 saturated carbocycles. The van der Waals surface area contributed by atoms with Crippen LogP contribution in [0.25, 0.3) is 0 Å². The minimum atomic E-state index is 0. The van der Waals surface area contributed by atoms with Crippen LogP contribution in [0, 0.1) is 0 Å². The second-order valence-electron chi connectivity index (χ2n) is 7.55. The van der Waals surface area contributed by atoms with Crippen molar-refractivity contribution in [3.8, 4) is 11.5 Å². The van der Waals surface area contributed by atoms with Crippen LogP contribution in [0.2, 0.25) is 0 Å². The summed E-state index contributed by atoms with van der Waals surface area (Å²) in [7, 11) is 2.16. The van der Waals surface area contributed by atoms with E-state index in [9.17, 15) is 0 Å². The van der Waals surface area contributed by atoms with E-state index in [1.807, 2.05) is 24.4 Å². The molecule has 1 aromatic heterocycles. The van der Waals surface area contributed by atoms with E-state index in [2.05, 4.69) is 51.5 Å². The Labute approximate surface area is 201 Å². The number of hydrogen-bond acceptors (Lipinski definition) is 6. The molecule has 9 heteroatoms. The lowest BCUT2D eigenvalue weighted by Gasteiger charge is -2.33. The van der Waals surface area contributed by atoms with Crippen molar-refractivity contribution in [2.75, 3.05) is 51.5 Å². The Balaban J connectivity index is 0.00000272. The van der Waals surface area contributed by atoms with Gasteiger partial charge in [0.25, 0.3) is 0 Å². The van der Waals surface area contributed by atoms with Crippen molar-refractivity contribution in [1.29, 1.82) is 0 Å². The van der Waals surface area contributed by atoms with Crippen LogP contribution in [0.4, 0.5) is 5.82 Å². The lowest BCUT2D eigenvalue weighted by molar-refractivity contribution is 0.174. The first-order chi connectivity index (χ1) is 14.7. The monoisotopic (exact) mass is 538 g/mol. The number of likely N-dealkylation sites (N-methyl/N-ethyl adjacent to an activating group) is 1. The quantitative estimate of drug-likeness (QED) is 0.333. The fraction of sp³-hybridized carbons (Fsp3) is 0.455. The van der Waals surface area contributed by atoms with Gasteiger partial charge in [0.2, 0.25) is 6.79 Å². The molecule has 3 heterocycles. The third kappa shape index (κ3) is 6.36. The van der Waals surface area contributed by atoms with E-state index < -0.39 is 0 Å². The van der Waals surface area contributed by atoms with Crippen molar-refractivity contribution < 1.29 is 9.47 Å². The fourth-order valence-electron chi connectivity index (χ4n) is 3.48. The fourth-order valence-corrected chi connectivity index (χ4v) is 3.48. The molecule has 1 saturated heterocycles. The number of hydrogen-bond donors (Lipinski definition) is 2. The number of piperazine rings is 1. The van der Waals surface area contributed by atoms with Crippen LogP contribution in [-0.2, 0) is 13.1 Å². The molecule has 0 amide bonds. The van der Waals surface area contributed by atoms with Crippen LogP contribution in [0.3, 0.4) is 0 Å². The predicted octanol–water partition coefficient (Wildman–Crippen LogP) is 2.44. The lowest BCUT2D eigenvalue weighted by atomic mass is 10.2. The Morgan fingerprint density at radius 3 is 2.55 bits per heavy atom. The minimum Gasteiger partial charge on any atom is -0.454 e. The van der Waals surface area contributed by atoms with E-state index in [0.717, 1.165) is 67.1 Å². The largest absolute Gasteiger partial charge is 0.454 e. The number of nitrogens with zero attached hydrogens (tertiary/aromatic N) is 4. The molecule has 4 rings (SSSR count). The maximum Gasteiger partial charge on any atom is 0.231 e. The molecule has 0 bridgehead atoms. The van der Waals surface area contributed by atoms with E-state index in [1.165, 1.54) is 0 Å². The Hall–Kier alpha value is -2.27. The summed E-state index contributed by atoms with van der Waals surface area (Å²) >= 11 is 0. The van der Waals surface area contributed by atoms with Gasteiger partial charge in [-0.15, -0.1) is 24.0 Å². The predicted molar refractivity (Wildman–Crippen MR) is 134 cm³/mol. The summed E-state index contributed by atoms with van der Waals surface area (Å²) in [6.07, 6.45) is 1.93. The highest BCUT2D eigenvalue weighted by Gasteiger charge is 2.15. The number of guanidine groups is 1. The Bertz CT molecular complexity index is 869. The first kappa shape index (κ1) is 23.4. The second-order valence-corrected chi connectivity index (χ2v) is 7.55. The Kier molecular flexibility index (Phi) is 8.59. The lowest BCUT2D eigenvalue weighted by Crippen LogP contribution is -2.44. The van der Waals surface area contributed by atoms with Gasteiger partial charge >= 0.3 is 0 Å². The van der Waals surface area contributed by atoms with Crippen molar-refractivity contribution in [2.45, 2.75) is 20.0 Å². The number of anilines is 1. The van der Waals surface area contributed by atoms with Crippen LogP contribution in [-0.4, -0.2) is 62.4 Å². The molecule has 0 unspecified atom stereocenters. The molecule has 0 aliphatic carbocycles. The van der Waals surface area contributed by atoms with E-state index >= 15 is 0 Å². The Morgan fingerprint density at radius 2 is 1.81 bits per heavy atom. The van der Waals surface area contributed by atoms with Crippen LogP contribution < -0.4 is 25.0 Å². The van der Waals surface area contributed by atoms with Gasteiger partial charge in [-0.3, -0.25) is 0 Å². The molecule has 2 N–H and O–H groups in total. The number of benzene rings is 1. The first-order valence-electron chi connectivity index (χ1n) is 10.5. The second kappa shape index (κ2) is 11.4. The molecule has 0 atom stereocenters. The minimum absolute atomic E-state index is 0. The molecule has 168 valence electrons. The summed E-state index contributed by atoms with van der Waals surface area (Å²) in [5.74, 6) is 3.41. The van der Waals surface area contributed by atoms with Gasteiger partial charge in [-0.05, 0) is 43.3 Å². The molecular formula is C22H31IN6O2. The summed E-state index contributed by atoms with van der Waals surface area (Å²) in [5, 5.41) is 6.67. The first-order valence-corrected chi connectivity index (χ1v) is 10.5. The van der Waals surface area contributed by atoms with Gasteiger partial charge < -0.3 is 29.9 Å². The van der Waals surface area contributed by atoms with Crippen molar-refractivity contribution >= 4 is 35.8 Å². The summed E-state index contributed by atoms with van der Waals surface area (Å²) in [6, 6.07) is 10.2. The molecule has 2 aromatic rings. The highest BCUT2D eigenvalue weighted by Crippen LogP contribution is 2.32. The standard InChI is InChI=1S/C22H30N6O2.HI/c1-3-23-22(25-13-17-4-6-19-20(12-17)30-16-29-19)26-15-18-5-7-21(24-14-18)28-10-8-27(2)9-11-28;/h4-7,12,14H,3,8-11,13,15-16H2,1-2H3,(H2,23,25,26);1H. The SMILES string of the molecule is CCNC(=NCc1ccc(N2CCN(C)CC2)nc1)NCc1ccc2c(c1)OCO2.I. The number of aliphatic imine (C=N–C) groups is 1. The number of aromatic nitrogens is 1. The molecule has 31 heavy (non-hydrogen) atoms. The third-order valence-electron chi connectivity index (χ3n) is 5.30. The average Bonchev–Trinajstić information content (AvgIpc) is 3.24. The molecule has 1 aromatic carbocycles. The zero-order valence-corrected chi connectivity index (χ0v) is 20.5. The van der Waals surface area contributed by atoms with E-state index in [1.54, 1.807) is 0 Å². The molecule has 0 radical (unpaired) electrons. The van der Waals surface area contributed by atoms with Crippen molar-refractivity contribution in [3.63, 3.8) is 0 Å². The van der Waals surface area contributed by atoms with Gasteiger partial charge in [0.1, 0.15) is 5.82 Å². The van der Waals surface area contributed by atoms with Gasteiger partial charge in [-0.25, -0.2) is 9.98 Å². The van der Waals surface area contributed by atoms with Crippen molar-refractivity contribution in [3.05, 3.63) is 47.7 Å². The van der Waals surface area contributed by atoms with Crippen LogP contribution in [0.1, 0.15) is 18.1 Å². The van der Waals surface area contributed by atoms with Crippen LogP contribution in [0.5, 0.6) is 11.5 Å². The number of halogens is 1.